The van der Waals surface area contributed by atoms with Crippen molar-refractivity contribution in [2.24, 2.45) is 10.2 Å². The predicted molar refractivity (Wildman–Crippen MR) is 252 cm³/mol. The van der Waals surface area contributed by atoms with Gasteiger partial charge in [0.15, 0.2) is 23.0 Å². The number of hydrogen-bond acceptors (Lipinski definition) is 7. The fourth-order valence-corrected chi connectivity index (χ4v) is 7.28. The minimum absolute atomic E-state index is 0.0605. The van der Waals surface area contributed by atoms with Crippen LogP contribution in [0.25, 0.3) is 6.08 Å². The van der Waals surface area contributed by atoms with E-state index in [4.69, 9.17) is 18.9 Å². The summed E-state index contributed by atoms with van der Waals surface area (Å²) in [6, 6.07) is 31.6. The van der Waals surface area contributed by atoms with Crippen molar-refractivity contribution in [3.63, 3.8) is 0 Å². The highest BCUT2D eigenvalue weighted by atomic mass is 16.7. The number of amides is 1. The highest BCUT2D eigenvalue weighted by Gasteiger charge is 2.19. The predicted octanol–water partition coefficient (Wildman–Crippen LogP) is 14.0. The van der Waals surface area contributed by atoms with Crippen LogP contribution in [0.15, 0.2) is 107 Å². The summed E-state index contributed by atoms with van der Waals surface area (Å²) >= 11 is 0. The molecule has 8 heteroatoms. The van der Waals surface area contributed by atoms with E-state index < -0.39 is 0 Å². The molecule has 0 saturated carbocycles. The maximum absolute atomic E-state index is 11.2. The number of nitrogens with zero attached hydrogens (tertiary/aromatic N) is 2. The Labute approximate surface area is 369 Å². The number of nitrogens with one attached hydrogen (secondary N) is 1. The summed E-state index contributed by atoms with van der Waals surface area (Å²) in [4.78, 5) is 11.2. The quantitative estimate of drug-likeness (QED) is 0.190. The van der Waals surface area contributed by atoms with Crippen LogP contribution in [0.3, 0.4) is 0 Å². The van der Waals surface area contributed by atoms with Gasteiger partial charge in [0.25, 0.3) is 5.91 Å². The Morgan fingerprint density at radius 1 is 0.516 bits per heavy atom. The lowest BCUT2D eigenvalue weighted by atomic mass is 9.98. The number of azo groups is 1. The van der Waals surface area contributed by atoms with Gasteiger partial charge >= 0.3 is 0 Å². The first kappa shape index (κ1) is 45.6. The van der Waals surface area contributed by atoms with E-state index in [2.05, 4.69) is 158 Å². The third kappa shape index (κ3) is 11.9. The number of allylic oxidation sites excluding steroid dienone is 1. The lowest BCUT2D eigenvalue weighted by Gasteiger charge is -2.19. The molecule has 0 aromatic heterocycles. The van der Waals surface area contributed by atoms with Gasteiger partial charge in [-0.25, -0.2) is 0 Å². The second-order valence-electron chi connectivity index (χ2n) is 17.7. The number of hydrogen-bond donors (Lipinski definition) is 1. The van der Waals surface area contributed by atoms with Gasteiger partial charge in [0.05, 0.1) is 12.2 Å². The van der Waals surface area contributed by atoms with E-state index in [0.29, 0.717) is 56.1 Å². The third-order valence-corrected chi connectivity index (χ3v) is 11.4. The van der Waals surface area contributed by atoms with Gasteiger partial charge in [0, 0.05) is 17.7 Å². The van der Waals surface area contributed by atoms with Crippen molar-refractivity contribution in [2.75, 3.05) is 20.0 Å². The van der Waals surface area contributed by atoms with Gasteiger partial charge in [-0.1, -0.05) is 136 Å². The Balaban J connectivity index is 0.000000129. The maximum atomic E-state index is 11.2. The van der Waals surface area contributed by atoms with Crippen molar-refractivity contribution in [1.82, 2.24) is 5.32 Å². The van der Waals surface area contributed by atoms with Crippen molar-refractivity contribution in [3.8, 4) is 23.0 Å². The summed E-state index contributed by atoms with van der Waals surface area (Å²) in [7, 11) is 0. The minimum Gasteiger partial charge on any atom is -0.486 e. The Kier molecular flexibility index (Phi) is 15.7. The van der Waals surface area contributed by atoms with E-state index in [1.807, 2.05) is 30.3 Å². The largest absolute Gasteiger partial charge is 0.486 e. The fraction of sp³-hybridized carbons (Fsp3) is 0.389. The first-order chi connectivity index (χ1) is 29.8. The molecule has 4 aliphatic heterocycles. The molecule has 10 rings (SSSR count). The van der Waals surface area contributed by atoms with E-state index in [0.717, 1.165) is 52.8 Å². The Morgan fingerprint density at radius 2 is 1.02 bits per heavy atom. The highest BCUT2D eigenvalue weighted by molar-refractivity contribution is 5.98. The standard InChI is InChI=1S/C12H14.C11H13NO.C11H14O2.C10H12N2.C10H12O2/c1-9(2)11-7-6-10-4-3-5-12(10)8-11;1-7(2)8-3-4-10-9(5-8)6-12-11(10)13;1-8(2)9-3-4-10-11(7-9)13-6-5-12-10;1-7(2)8-3-4-9-6-11-12-10(9)5-8;1-7(2)8-3-4-9-10(5-8)12-6-11-9/h3,5-9H,4H2,1-2H3;3-5,7H,6H2,1-2H3,(H,12,13);3-4,7-8H,5-6H2,1-2H3;2*3-5,7H,6H2,1-2H3. The molecule has 0 saturated heterocycles. The lowest BCUT2D eigenvalue weighted by Crippen LogP contribution is -2.15. The van der Waals surface area contributed by atoms with E-state index >= 15 is 0 Å². The zero-order valence-corrected chi connectivity index (χ0v) is 38.4. The van der Waals surface area contributed by atoms with Crippen LogP contribution in [-0.4, -0.2) is 25.9 Å². The molecule has 1 aliphatic carbocycles. The van der Waals surface area contributed by atoms with Crippen LogP contribution in [0, 0.1) is 0 Å². The summed E-state index contributed by atoms with van der Waals surface area (Å²) in [5.74, 6) is 6.38. The Bertz CT molecular complexity index is 2300. The molecule has 1 N–H and O–H groups in total. The summed E-state index contributed by atoms with van der Waals surface area (Å²) in [6.07, 6.45) is 5.57. The molecule has 0 spiro atoms. The van der Waals surface area contributed by atoms with E-state index in [1.165, 1.54) is 44.5 Å². The monoisotopic (exact) mass is 835 g/mol. The summed E-state index contributed by atoms with van der Waals surface area (Å²) in [6.45, 7) is 25.0. The van der Waals surface area contributed by atoms with Gasteiger partial charge in [-0.3, -0.25) is 4.79 Å². The smallest absolute Gasteiger partial charge is 0.251 e. The molecule has 4 heterocycles. The normalized spacial score (nSPS) is 14.2. The number of rotatable bonds is 5. The van der Waals surface area contributed by atoms with Crippen molar-refractivity contribution < 1.29 is 23.7 Å². The maximum Gasteiger partial charge on any atom is 0.251 e. The molecule has 0 unspecified atom stereocenters. The minimum atomic E-state index is 0.0605. The molecule has 326 valence electrons. The molecule has 8 nitrogen and oxygen atoms in total. The van der Waals surface area contributed by atoms with Gasteiger partial charge in [-0.05, 0) is 117 Å². The highest BCUT2D eigenvalue weighted by Crippen LogP contribution is 2.35. The second kappa shape index (κ2) is 21.3. The molecule has 0 radical (unpaired) electrons. The topological polar surface area (TPSA) is 90.7 Å². The van der Waals surface area contributed by atoms with Crippen LogP contribution in [0.5, 0.6) is 23.0 Å². The lowest BCUT2D eigenvalue weighted by molar-refractivity contribution is 0.0965. The van der Waals surface area contributed by atoms with Crippen molar-refractivity contribution in [3.05, 3.63) is 153 Å². The van der Waals surface area contributed by atoms with Gasteiger partial charge in [-0.15, -0.1) is 0 Å². The summed E-state index contributed by atoms with van der Waals surface area (Å²) in [5.41, 5.74) is 13.8. The van der Waals surface area contributed by atoms with Crippen molar-refractivity contribution >= 4 is 17.7 Å². The second-order valence-corrected chi connectivity index (χ2v) is 17.7. The van der Waals surface area contributed by atoms with E-state index in [9.17, 15) is 4.79 Å². The summed E-state index contributed by atoms with van der Waals surface area (Å²) < 4.78 is 21.4. The van der Waals surface area contributed by atoms with Crippen molar-refractivity contribution in [2.45, 2.75) is 118 Å². The number of carbonyl (C=O) groups excluding carboxylic acids is 1. The SMILES string of the molecule is CC(C)c1ccc2c(c1)C=CC2.CC(C)c1ccc2c(c1)CNC2=O.CC(C)c1ccc2c(c1)N=NC2.CC(C)c1ccc2c(c1)OCCO2.CC(C)c1ccc2c(c1)OCO2. The van der Waals surface area contributed by atoms with Crippen LogP contribution in [0.4, 0.5) is 5.69 Å². The number of benzene rings is 5. The molecule has 0 fully saturated rings. The molecule has 5 aromatic rings. The van der Waals surface area contributed by atoms with E-state index in [1.54, 1.807) is 0 Å². The molecular formula is C54H65N3O5. The zero-order valence-electron chi connectivity index (χ0n) is 38.4. The number of ether oxygens (including phenoxy) is 4. The molecule has 0 atom stereocenters. The first-order valence-corrected chi connectivity index (χ1v) is 22.3. The number of fused-ring (bicyclic) bond motifs is 5. The average Bonchev–Trinajstić information content (AvgIpc) is 4.11. The number of carbonyl (C=O) groups is 1. The average molecular weight is 836 g/mol. The molecular weight excluding hydrogens is 771 g/mol. The van der Waals surface area contributed by atoms with Gasteiger partial charge in [0.1, 0.15) is 13.2 Å². The van der Waals surface area contributed by atoms with Gasteiger partial charge in [0.2, 0.25) is 6.79 Å². The van der Waals surface area contributed by atoms with Gasteiger partial charge in [-0.2, -0.15) is 10.2 Å². The zero-order chi connectivity index (χ0) is 44.3. The molecule has 5 aromatic carbocycles. The van der Waals surface area contributed by atoms with E-state index in [-0.39, 0.29) is 5.91 Å². The van der Waals surface area contributed by atoms with Crippen LogP contribution >= 0.6 is 0 Å². The molecule has 0 bridgehead atoms. The van der Waals surface area contributed by atoms with Crippen LogP contribution in [-0.2, 0) is 19.5 Å². The van der Waals surface area contributed by atoms with Gasteiger partial charge < -0.3 is 24.3 Å². The molecule has 5 aliphatic rings. The fourth-order valence-electron chi connectivity index (χ4n) is 7.28. The Morgan fingerprint density at radius 3 is 1.66 bits per heavy atom. The molecule has 62 heavy (non-hydrogen) atoms. The first-order valence-electron chi connectivity index (χ1n) is 22.3. The van der Waals surface area contributed by atoms with Crippen LogP contribution < -0.4 is 24.3 Å². The Hall–Kier alpha value is -5.89. The molecule has 1 amide bonds. The summed E-state index contributed by atoms with van der Waals surface area (Å²) in [5, 5.41) is 10.9. The van der Waals surface area contributed by atoms with Crippen LogP contribution in [0.1, 0.15) is 159 Å². The van der Waals surface area contributed by atoms with Crippen LogP contribution in [0.2, 0.25) is 0 Å². The van der Waals surface area contributed by atoms with Crippen molar-refractivity contribution in [1.29, 1.82) is 0 Å². The third-order valence-electron chi connectivity index (χ3n) is 11.4.